The lowest BCUT2D eigenvalue weighted by molar-refractivity contribution is 0.0191. The highest BCUT2D eigenvalue weighted by Crippen LogP contribution is 2.51. The number of hydrogen-bond acceptors (Lipinski definition) is 7. The molecule has 29 heavy (non-hydrogen) atoms. The summed E-state index contributed by atoms with van der Waals surface area (Å²) in [6, 6.07) is 10.6. The van der Waals surface area contributed by atoms with Gasteiger partial charge in [0.05, 0.1) is 39.6 Å². The van der Waals surface area contributed by atoms with Crippen LogP contribution < -0.4 is 9.47 Å². The molecule has 2 heterocycles. The predicted octanol–water partition coefficient (Wildman–Crippen LogP) is 3.45. The maximum Gasteiger partial charge on any atom is 0.160 e. The minimum atomic E-state index is -0.0986. The van der Waals surface area contributed by atoms with Crippen LogP contribution in [0.3, 0.4) is 0 Å². The second kappa shape index (κ2) is 9.35. The van der Waals surface area contributed by atoms with Crippen LogP contribution in [0.1, 0.15) is 23.3 Å². The van der Waals surface area contributed by atoms with E-state index in [9.17, 15) is 10.2 Å². The Bertz CT molecular complexity index is 755. The van der Waals surface area contributed by atoms with E-state index in [-0.39, 0.29) is 35.5 Å². The number of phenolic OH excluding ortho intramolecular Hbond substituents is 2. The molecule has 2 N–H and O–H groups in total. The van der Waals surface area contributed by atoms with Crippen molar-refractivity contribution in [3.8, 4) is 23.0 Å². The molecule has 2 fully saturated rings. The Balaban J connectivity index is 0.000000755. The average Bonchev–Trinajstić information content (AvgIpc) is 3.32. The summed E-state index contributed by atoms with van der Waals surface area (Å²) in [5, 5.41) is 19.6. The van der Waals surface area contributed by atoms with E-state index in [1.807, 2.05) is 24.3 Å². The fourth-order valence-electron chi connectivity index (χ4n) is 3.98. The van der Waals surface area contributed by atoms with Crippen LogP contribution in [0.15, 0.2) is 36.4 Å². The highest BCUT2D eigenvalue weighted by atomic mass is 16.5. The summed E-state index contributed by atoms with van der Waals surface area (Å²) >= 11 is 0. The highest BCUT2D eigenvalue weighted by Gasteiger charge is 2.48. The number of fused-ring (bicyclic) bond motifs is 1. The Morgan fingerprint density at radius 1 is 0.724 bits per heavy atom. The van der Waals surface area contributed by atoms with Crippen molar-refractivity contribution in [2.45, 2.75) is 12.2 Å². The topological polar surface area (TPSA) is 86.6 Å². The zero-order valence-corrected chi connectivity index (χ0v) is 17.1. The fraction of sp³-hybridized carbons (Fsp3) is 0.455. The van der Waals surface area contributed by atoms with Crippen LogP contribution >= 0.6 is 0 Å². The van der Waals surface area contributed by atoms with Gasteiger partial charge >= 0.3 is 0 Å². The first-order valence-electron chi connectivity index (χ1n) is 9.41. The van der Waals surface area contributed by atoms with Gasteiger partial charge in [0, 0.05) is 26.1 Å². The number of aromatic hydroxyl groups is 2. The highest BCUT2D eigenvalue weighted by molar-refractivity contribution is 5.44. The lowest BCUT2D eigenvalue weighted by atomic mass is 9.85. The first-order valence-corrected chi connectivity index (χ1v) is 9.41. The van der Waals surface area contributed by atoms with Crippen molar-refractivity contribution in [1.29, 1.82) is 0 Å². The van der Waals surface area contributed by atoms with Gasteiger partial charge in [-0.2, -0.15) is 0 Å². The molecule has 0 saturated carbocycles. The maximum absolute atomic E-state index is 9.80. The molecule has 2 aromatic carbocycles. The molecular weight excluding hydrogens is 376 g/mol. The number of phenols is 2. The van der Waals surface area contributed by atoms with Crippen LogP contribution in [0.25, 0.3) is 0 Å². The van der Waals surface area contributed by atoms with E-state index in [1.165, 1.54) is 14.2 Å². The van der Waals surface area contributed by atoms with Gasteiger partial charge in [0.1, 0.15) is 0 Å². The molecule has 4 rings (SSSR count). The smallest absolute Gasteiger partial charge is 0.160 e. The Morgan fingerprint density at radius 3 is 1.45 bits per heavy atom. The Kier molecular flexibility index (Phi) is 6.84. The Hall–Kier alpha value is -2.48. The van der Waals surface area contributed by atoms with Crippen molar-refractivity contribution in [1.82, 2.24) is 0 Å². The quantitative estimate of drug-likeness (QED) is 0.807. The van der Waals surface area contributed by atoms with E-state index in [0.717, 1.165) is 11.1 Å². The van der Waals surface area contributed by atoms with Gasteiger partial charge in [0.15, 0.2) is 23.0 Å². The molecule has 2 aliphatic heterocycles. The molecule has 0 spiro atoms. The van der Waals surface area contributed by atoms with Crippen LogP contribution in [0.2, 0.25) is 0 Å². The number of methoxy groups -OCH3 is 3. The average molecular weight is 404 g/mol. The van der Waals surface area contributed by atoms with Crippen LogP contribution in [0, 0.1) is 11.8 Å². The van der Waals surface area contributed by atoms with Crippen LogP contribution in [0.4, 0.5) is 0 Å². The molecule has 0 unspecified atom stereocenters. The summed E-state index contributed by atoms with van der Waals surface area (Å²) in [5.74, 6) is 1.54. The van der Waals surface area contributed by atoms with E-state index in [2.05, 4.69) is 4.74 Å². The monoisotopic (exact) mass is 404 g/mol. The molecule has 2 saturated heterocycles. The van der Waals surface area contributed by atoms with E-state index < -0.39 is 0 Å². The first kappa shape index (κ1) is 21.2. The van der Waals surface area contributed by atoms with Crippen molar-refractivity contribution in [2.24, 2.45) is 11.8 Å². The molecular formula is C22H28O7. The van der Waals surface area contributed by atoms with E-state index in [0.29, 0.717) is 24.7 Å². The van der Waals surface area contributed by atoms with Gasteiger partial charge in [0.2, 0.25) is 0 Å². The van der Waals surface area contributed by atoms with E-state index in [1.54, 1.807) is 26.4 Å². The van der Waals surface area contributed by atoms with Crippen LogP contribution in [-0.2, 0) is 14.2 Å². The maximum atomic E-state index is 9.80. The van der Waals surface area contributed by atoms with Crippen LogP contribution in [0.5, 0.6) is 23.0 Å². The zero-order valence-electron chi connectivity index (χ0n) is 17.1. The van der Waals surface area contributed by atoms with Gasteiger partial charge in [0.25, 0.3) is 0 Å². The van der Waals surface area contributed by atoms with Gasteiger partial charge in [-0.15, -0.1) is 0 Å². The second-order valence-corrected chi connectivity index (χ2v) is 7.11. The van der Waals surface area contributed by atoms with Crippen molar-refractivity contribution in [3.63, 3.8) is 0 Å². The van der Waals surface area contributed by atoms with Crippen LogP contribution in [-0.4, -0.2) is 51.9 Å². The molecule has 0 aromatic heterocycles. The third-order valence-electron chi connectivity index (χ3n) is 5.33. The number of rotatable bonds is 4. The van der Waals surface area contributed by atoms with E-state index in [4.69, 9.17) is 18.9 Å². The van der Waals surface area contributed by atoms with Gasteiger partial charge in [-0.05, 0) is 35.4 Å². The largest absolute Gasteiger partial charge is 0.504 e. The summed E-state index contributed by atoms with van der Waals surface area (Å²) in [5.41, 5.74) is 1.94. The first-order chi connectivity index (χ1) is 14.0. The predicted molar refractivity (Wildman–Crippen MR) is 107 cm³/mol. The molecule has 0 aliphatic carbocycles. The molecule has 2 aromatic rings. The molecule has 158 valence electrons. The standard InChI is InChI=1S/C20H22O6.C2H6O/c1-23-17-7-11(3-5-15(17)21)19-13-9-26-20(14(13)10-25-19)12-4-6-16(22)18(8-12)24-2;1-3-2/h3-8,13-14,19-22H,9-10H2,1-2H3;1-2H3/t13-,14-,19+,20+;/m0./s1. The Morgan fingerprint density at radius 2 is 1.10 bits per heavy atom. The Labute approximate surface area is 170 Å². The summed E-state index contributed by atoms with van der Waals surface area (Å²) in [4.78, 5) is 0. The number of benzene rings is 2. The van der Waals surface area contributed by atoms with Crippen molar-refractivity contribution in [3.05, 3.63) is 47.5 Å². The van der Waals surface area contributed by atoms with Gasteiger partial charge in [-0.3, -0.25) is 0 Å². The number of ether oxygens (including phenoxy) is 5. The lowest BCUT2D eigenvalue weighted by Gasteiger charge is -2.18. The SMILES string of the molecule is COC.COc1cc([C@H]2OC[C@H]3[C@@H]2CO[C@@H]3c2ccc(O)c(OC)c2)ccc1O. The molecule has 2 aliphatic rings. The summed E-state index contributed by atoms with van der Waals surface area (Å²) < 4.78 is 26.8. The zero-order chi connectivity index (χ0) is 21.0. The van der Waals surface area contributed by atoms with Crippen molar-refractivity contribution >= 4 is 0 Å². The molecule has 4 atom stereocenters. The van der Waals surface area contributed by atoms with Crippen molar-refractivity contribution < 1.29 is 33.9 Å². The molecule has 0 radical (unpaired) electrons. The van der Waals surface area contributed by atoms with Crippen molar-refractivity contribution in [2.75, 3.05) is 41.7 Å². The summed E-state index contributed by atoms with van der Waals surface area (Å²) in [7, 11) is 6.31. The third kappa shape index (κ3) is 4.27. The van der Waals surface area contributed by atoms with Gasteiger partial charge in [-0.25, -0.2) is 0 Å². The molecule has 7 heteroatoms. The van der Waals surface area contributed by atoms with Gasteiger partial charge in [-0.1, -0.05) is 12.1 Å². The lowest BCUT2D eigenvalue weighted by Crippen LogP contribution is -2.14. The summed E-state index contributed by atoms with van der Waals surface area (Å²) in [6.07, 6.45) is -0.197. The molecule has 7 nitrogen and oxygen atoms in total. The minimum Gasteiger partial charge on any atom is -0.504 e. The summed E-state index contributed by atoms with van der Waals surface area (Å²) in [6.45, 7) is 1.18. The molecule has 0 amide bonds. The normalized spacial score (nSPS) is 25.1. The van der Waals surface area contributed by atoms with E-state index >= 15 is 0 Å². The second-order valence-electron chi connectivity index (χ2n) is 7.11. The molecule has 0 bridgehead atoms. The third-order valence-corrected chi connectivity index (χ3v) is 5.33. The fourth-order valence-corrected chi connectivity index (χ4v) is 3.98. The van der Waals surface area contributed by atoms with Gasteiger partial charge < -0.3 is 33.9 Å². The minimum absolute atomic E-state index is 0.0986. The number of hydrogen-bond donors (Lipinski definition) is 2.